The first-order chi connectivity index (χ1) is 21.1. The van der Waals surface area contributed by atoms with Crippen molar-refractivity contribution in [2.45, 2.75) is 55.4 Å². The predicted octanol–water partition coefficient (Wildman–Crippen LogP) is 9.89. The number of anilines is 4. The molecule has 5 nitrogen and oxygen atoms in total. The molecule has 2 aliphatic heterocycles. The Morgan fingerprint density at radius 3 is 0.750 bits per heavy atom. The highest BCUT2D eigenvalue weighted by molar-refractivity contribution is 7.73. The largest absolute Gasteiger partial charge is 0.319 e. The summed E-state index contributed by atoms with van der Waals surface area (Å²) in [7, 11) is 0.636. The Balaban J connectivity index is 1.56. The van der Waals surface area contributed by atoms with E-state index in [0.717, 1.165) is 26.2 Å². The Kier molecular flexibility index (Phi) is 8.68. The van der Waals surface area contributed by atoms with Crippen molar-refractivity contribution < 1.29 is 0 Å². The van der Waals surface area contributed by atoms with Gasteiger partial charge in [-0.3, -0.25) is 0 Å². The molecule has 0 aliphatic carbocycles. The third kappa shape index (κ3) is 5.28. The molecule has 0 saturated carbocycles. The highest BCUT2D eigenvalue weighted by atomic mass is 31.2. The molecule has 2 fully saturated rings. The van der Waals surface area contributed by atoms with Gasteiger partial charge in [0, 0.05) is 56.0 Å². The Morgan fingerprint density at radius 2 is 0.568 bits per heavy atom. The van der Waals surface area contributed by atoms with Gasteiger partial charge in [0.2, 0.25) is 0 Å². The summed E-state index contributed by atoms with van der Waals surface area (Å²) in [4.78, 5) is 0. The van der Waals surface area contributed by atoms with Crippen molar-refractivity contribution >= 4 is 39.5 Å². The van der Waals surface area contributed by atoms with Gasteiger partial charge in [0.05, 0.1) is 0 Å². The molecular formula is C37H47N5P2. The zero-order valence-corrected chi connectivity index (χ0v) is 29.7. The minimum atomic E-state index is -0.889. The Morgan fingerprint density at radius 1 is 0.386 bits per heavy atom. The van der Waals surface area contributed by atoms with Gasteiger partial charge in [-0.2, -0.15) is 4.44 Å². The quantitative estimate of drug-likeness (QED) is 0.198. The average molecular weight is 624 g/mol. The second-order valence-electron chi connectivity index (χ2n) is 12.5. The van der Waals surface area contributed by atoms with Crippen LogP contribution >= 0.6 is 16.7 Å². The van der Waals surface area contributed by atoms with Crippen LogP contribution in [0.25, 0.3) is 0 Å². The Bertz CT molecular complexity index is 1360. The Labute approximate surface area is 267 Å². The maximum atomic E-state index is 2.78. The summed E-state index contributed by atoms with van der Waals surface area (Å²) in [6.07, 6.45) is 0. The van der Waals surface area contributed by atoms with E-state index < -0.39 is 16.7 Å². The molecule has 7 heteroatoms. The summed E-state index contributed by atoms with van der Waals surface area (Å²) < 4.78 is 13.8. The minimum Gasteiger partial charge on any atom is -0.319 e. The number of hydrogen-bond acceptors (Lipinski definition) is 5. The van der Waals surface area contributed by atoms with Gasteiger partial charge >= 0.3 is 0 Å². The van der Waals surface area contributed by atoms with Gasteiger partial charge in [-0.1, -0.05) is 72.8 Å². The van der Waals surface area contributed by atoms with Gasteiger partial charge in [-0.15, -0.1) is 0 Å². The lowest BCUT2D eigenvalue weighted by Gasteiger charge is -2.46. The van der Waals surface area contributed by atoms with E-state index in [1.54, 1.807) is 0 Å². The second kappa shape index (κ2) is 12.4. The number of aryl methyl sites for hydroxylation is 8. The van der Waals surface area contributed by atoms with Crippen LogP contribution in [0.3, 0.4) is 0 Å². The van der Waals surface area contributed by atoms with Crippen molar-refractivity contribution in [3.05, 3.63) is 117 Å². The van der Waals surface area contributed by atoms with Crippen molar-refractivity contribution in [1.29, 1.82) is 0 Å². The first kappa shape index (κ1) is 30.9. The number of rotatable bonds is 6. The fourth-order valence-electron chi connectivity index (χ4n) is 7.35. The normalized spacial score (nSPS) is 16.2. The number of hydrogen-bond donors (Lipinski definition) is 0. The molecule has 6 rings (SSSR count). The molecular weight excluding hydrogens is 576 g/mol. The lowest BCUT2D eigenvalue weighted by Crippen LogP contribution is -2.32. The minimum absolute atomic E-state index is 0.889. The molecule has 0 N–H and O–H groups in total. The maximum Gasteiger partial charge on any atom is 0.185 e. The molecule has 2 saturated heterocycles. The number of benzene rings is 4. The van der Waals surface area contributed by atoms with E-state index in [4.69, 9.17) is 0 Å². The molecule has 0 unspecified atom stereocenters. The zero-order chi connectivity index (χ0) is 31.3. The molecule has 0 aromatic heterocycles. The molecule has 4 aromatic rings. The molecule has 230 valence electrons. The van der Waals surface area contributed by atoms with Crippen LogP contribution in [0.1, 0.15) is 44.5 Å². The zero-order valence-electron chi connectivity index (χ0n) is 27.9. The molecule has 2 heterocycles. The van der Waals surface area contributed by atoms with Crippen LogP contribution < -0.4 is 18.7 Å². The molecule has 44 heavy (non-hydrogen) atoms. The van der Waals surface area contributed by atoms with E-state index in [1.807, 2.05) is 0 Å². The second-order valence-corrected chi connectivity index (χ2v) is 17.0. The Hall–Kier alpha value is -3.10. The van der Waals surface area contributed by atoms with Gasteiger partial charge in [0.25, 0.3) is 0 Å². The monoisotopic (exact) mass is 623 g/mol. The number of nitrogens with zero attached hydrogens (tertiary/aromatic N) is 5. The third-order valence-electron chi connectivity index (χ3n) is 9.22. The van der Waals surface area contributed by atoms with Gasteiger partial charge in [-0.05, 0) is 99.9 Å². The van der Waals surface area contributed by atoms with Gasteiger partial charge in [0.1, 0.15) is 0 Å². The average Bonchev–Trinajstić information content (AvgIpc) is 3.58. The van der Waals surface area contributed by atoms with E-state index in [-0.39, 0.29) is 0 Å². The highest BCUT2D eigenvalue weighted by Gasteiger charge is 2.47. The van der Waals surface area contributed by atoms with Crippen LogP contribution in [0.15, 0.2) is 72.8 Å². The first-order valence-electron chi connectivity index (χ1n) is 15.8. The van der Waals surface area contributed by atoms with Crippen LogP contribution in [0, 0.1) is 55.4 Å². The fourth-order valence-corrected chi connectivity index (χ4v) is 13.9. The van der Waals surface area contributed by atoms with Crippen LogP contribution in [0.2, 0.25) is 0 Å². The molecule has 2 aliphatic rings. The SMILES string of the molecule is Cc1cccc(C)c1N1CCN(c2c(C)cccc2C)P1N(C)P1N(c2c(C)cccc2C)CCN1c1c(C)cccc1C. The molecule has 0 spiro atoms. The van der Waals surface area contributed by atoms with Crippen LogP contribution in [-0.2, 0) is 0 Å². The third-order valence-corrected chi connectivity index (χ3v) is 14.5. The molecule has 0 atom stereocenters. The van der Waals surface area contributed by atoms with Crippen LogP contribution in [0.5, 0.6) is 0 Å². The smallest absolute Gasteiger partial charge is 0.185 e. The molecule has 0 amide bonds. The van der Waals surface area contributed by atoms with E-state index >= 15 is 0 Å². The van der Waals surface area contributed by atoms with Gasteiger partial charge < -0.3 is 18.7 Å². The summed E-state index contributed by atoms with van der Waals surface area (Å²) in [5.41, 5.74) is 16.4. The maximum absolute atomic E-state index is 2.78. The van der Waals surface area contributed by atoms with Gasteiger partial charge in [0.15, 0.2) is 16.7 Å². The lowest BCUT2D eigenvalue weighted by atomic mass is 10.1. The number of para-hydroxylation sites is 4. The summed E-state index contributed by atoms with van der Waals surface area (Å²) >= 11 is 0. The van der Waals surface area contributed by atoms with Gasteiger partial charge in [-0.25, -0.2) is 0 Å². The topological polar surface area (TPSA) is 16.2 Å². The van der Waals surface area contributed by atoms with Crippen molar-refractivity contribution in [3.8, 4) is 0 Å². The van der Waals surface area contributed by atoms with Crippen molar-refractivity contribution in [2.24, 2.45) is 0 Å². The molecule has 0 bridgehead atoms. The van der Waals surface area contributed by atoms with E-state index in [1.165, 1.54) is 67.3 Å². The van der Waals surface area contributed by atoms with Crippen molar-refractivity contribution in [3.63, 3.8) is 0 Å². The van der Waals surface area contributed by atoms with E-state index in [2.05, 4.69) is 158 Å². The summed E-state index contributed by atoms with van der Waals surface area (Å²) in [5.74, 6) is 0. The van der Waals surface area contributed by atoms with Crippen molar-refractivity contribution in [2.75, 3.05) is 51.9 Å². The molecule has 0 radical (unpaired) electrons. The lowest BCUT2D eigenvalue weighted by molar-refractivity contribution is 0.858. The van der Waals surface area contributed by atoms with Crippen LogP contribution in [0.4, 0.5) is 22.7 Å². The predicted molar refractivity (Wildman–Crippen MR) is 195 cm³/mol. The summed E-state index contributed by atoms with van der Waals surface area (Å²) in [5, 5.41) is 0. The van der Waals surface area contributed by atoms with E-state index in [0.29, 0.717) is 0 Å². The van der Waals surface area contributed by atoms with Crippen LogP contribution in [-0.4, -0.2) is 37.7 Å². The summed E-state index contributed by atoms with van der Waals surface area (Å²) in [6.45, 7) is 22.3. The highest BCUT2D eigenvalue weighted by Crippen LogP contribution is 2.69. The molecule has 4 aromatic carbocycles. The first-order valence-corrected chi connectivity index (χ1v) is 18.2. The fraction of sp³-hybridized carbons (Fsp3) is 0.351. The standard InChI is InChI=1S/C37H47N5P2/c1-26-14-10-15-27(2)34(26)39-22-23-40(35-28(3)16-11-17-29(35)4)43(39)38(9)44-41(36-30(5)18-12-19-31(36)6)24-25-42(44)37-32(7)20-13-21-33(37)8/h10-21H,22-25H2,1-9H3. The summed E-state index contributed by atoms with van der Waals surface area (Å²) in [6, 6.07) is 27.1. The van der Waals surface area contributed by atoms with E-state index in [9.17, 15) is 0 Å². The van der Waals surface area contributed by atoms with Crippen molar-refractivity contribution in [1.82, 2.24) is 4.44 Å².